The van der Waals surface area contributed by atoms with Crippen LogP contribution in [0.3, 0.4) is 0 Å². The van der Waals surface area contributed by atoms with Crippen LogP contribution in [0.1, 0.15) is 18.9 Å². The molecular weight excluding hydrogens is 418 g/mol. The summed E-state index contributed by atoms with van der Waals surface area (Å²) in [4.78, 5) is 26.9. The summed E-state index contributed by atoms with van der Waals surface area (Å²) in [6.45, 7) is 2.63. The van der Waals surface area contributed by atoms with Crippen LogP contribution in [0.5, 0.6) is 11.5 Å². The smallest absolute Gasteiger partial charge is 0.269 e. The summed E-state index contributed by atoms with van der Waals surface area (Å²) in [7, 11) is 1.57. The number of ether oxygens (including phenoxy) is 2. The van der Waals surface area contributed by atoms with E-state index in [0.29, 0.717) is 28.9 Å². The number of thiazole rings is 1. The highest BCUT2D eigenvalue weighted by molar-refractivity contribution is 7.14. The highest BCUT2D eigenvalue weighted by Crippen LogP contribution is 2.29. The predicted octanol–water partition coefficient (Wildman–Crippen LogP) is 5.17. The molecule has 1 heterocycles. The van der Waals surface area contributed by atoms with Crippen LogP contribution in [0.4, 0.5) is 10.8 Å². The molecule has 0 spiro atoms. The number of amides is 1. The van der Waals surface area contributed by atoms with Crippen LogP contribution >= 0.6 is 11.3 Å². The number of nitro groups is 1. The fourth-order valence-corrected chi connectivity index (χ4v) is 3.38. The third kappa shape index (κ3) is 5.89. The van der Waals surface area contributed by atoms with Gasteiger partial charge in [-0.3, -0.25) is 20.2 Å². The number of methoxy groups -OCH3 is 1. The van der Waals surface area contributed by atoms with Crippen LogP contribution in [-0.4, -0.2) is 29.5 Å². The van der Waals surface area contributed by atoms with Crippen molar-refractivity contribution in [2.45, 2.75) is 13.3 Å². The van der Waals surface area contributed by atoms with E-state index in [1.54, 1.807) is 36.8 Å². The van der Waals surface area contributed by atoms with E-state index in [-0.39, 0.29) is 11.6 Å². The van der Waals surface area contributed by atoms with Gasteiger partial charge in [-0.05, 0) is 42.3 Å². The molecule has 0 aliphatic heterocycles. The molecule has 31 heavy (non-hydrogen) atoms. The zero-order chi connectivity index (χ0) is 22.2. The molecule has 0 fully saturated rings. The van der Waals surface area contributed by atoms with E-state index in [1.807, 2.05) is 19.1 Å². The molecular formula is C22H21N3O5S. The average molecular weight is 439 g/mol. The lowest BCUT2D eigenvalue weighted by Gasteiger charge is -2.10. The second-order valence-electron chi connectivity index (χ2n) is 6.42. The highest BCUT2D eigenvalue weighted by Gasteiger charge is 2.10. The minimum Gasteiger partial charge on any atom is -0.493 e. The van der Waals surface area contributed by atoms with Gasteiger partial charge in [0.1, 0.15) is 0 Å². The van der Waals surface area contributed by atoms with Gasteiger partial charge < -0.3 is 9.47 Å². The first-order valence-electron chi connectivity index (χ1n) is 9.50. The Kier molecular flexibility index (Phi) is 7.34. The topological polar surface area (TPSA) is 104 Å². The number of nitrogens with one attached hydrogen (secondary N) is 1. The van der Waals surface area contributed by atoms with E-state index >= 15 is 0 Å². The van der Waals surface area contributed by atoms with Crippen molar-refractivity contribution in [1.82, 2.24) is 4.98 Å². The van der Waals surface area contributed by atoms with E-state index in [9.17, 15) is 14.9 Å². The number of aromatic nitrogens is 1. The number of hydrogen-bond acceptors (Lipinski definition) is 7. The highest BCUT2D eigenvalue weighted by atomic mass is 32.1. The molecule has 0 radical (unpaired) electrons. The largest absolute Gasteiger partial charge is 0.493 e. The number of nitro benzene ring substituents is 1. The fourth-order valence-electron chi connectivity index (χ4n) is 2.66. The van der Waals surface area contributed by atoms with E-state index in [4.69, 9.17) is 9.47 Å². The lowest BCUT2D eigenvalue weighted by Crippen LogP contribution is -2.07. The summed E-state index contributed by atoms with van der Waals surface area (Å²) in [5.41, 5.74) is 2.17. The predicted molar refractivity (Wildman–Crippen MR) is 121 cm³/mol. The van der Waals surface area contributed by atoms with Gasteiger partial charge in [0.25, 0.3) is 5.69 Å². The molecule has 1 amide bonds. The number of anilines is 1. The first-order valence-corrected chi connectivity index (χ1v) is 10.4. The molecule has 8 nitrogen and oxygen atoms in total. The maximum absolute atomic E-state index is 12.3. The summed E-state index contributed by atoms with van der Waals surface area (Å²) < 4.78 is 11.0. The van der Waals surface area contributed by atoms with Crippen molar-refractivity contribution in [3.8, 4) is 22.8 Å². The van der Waals surface area contributed by atoms with Gasteiger partial charge in [-0.25, -0.2) is 4.98 Å². The molecule has 0 bridgehead atoms. The lowest BCUT2D eigenvalue weighted by molar-refractivity contribution is -0.384. The molecule has 3 aromatic rings. The van der Waals surface area contributed by atoms with Gasteiger partial charge in [0.15, 0.2) is 16.6 Å². The Labute approximate surface area is 183 Å². The summed E-state index contributed by atoms with van der Waals surface area (Å²) in [5, 5.41) is 15.7. The number of carbonyl (C=O) groups excluding carboxylic acids is 1. The average Bonchev–Trinajstić information content (AvgIpc) is 3.24. The van der Waals surface area contributed by atoms with Crippen molar-refractivity contribution < 1.29 is 19.2 Å². The Hall–Kier alpha value is -3.72. The first kappa shape index (κ1) is 22.0. The molecule has 0 unspecified atom stereocenters. The third-order valence-corrected chi connectivity index (χ3v) is 4.94. The van der Waals surface area contributed by atoms with Gasteiger partial charge in [0.05, 0.1) is 24.3 Å². The maximum atomic E-state index is 12.3. The summed E-state index contributed by atoms with van der Waals surface area (Å²) in [6.07, 6.45) is 3.98. The Morgan fingerprint density at radius 2 is 2.00 bits per heavy atom. The van der Waals surface area contributed by atoms with Gasteiger partial charge in [0.2, 0.25) is 5.91 Å². The molecule has 0 saturated carbocycles. The molecule has 1 N–H and O–H groups in total. The molecule has 3 rings (SSSR count). The Balaban J connectivity index is 1.63. The van der Waals surface area contributed by atoms with Crippen molar-refractivity contribution in [3.05, 3.63) is 69.6 Å². The van der Waals surface area contributed by atoms with Crippen molar-refractivity contribution in [2.75, 3.05) is 19.0 Å². The zero-order valence-electron chi connectivity index (χ0n) is 17.0. The Bertz CT molecular complexity index is 1090. The van der Waals surface area contributed by atoms with Crippen molar-refractivity contribution in [2.24, 2.45) is 0 Å². The van der Waals surface area contributed by atoms with Crippen LogP contribution in [0, 0.1) is 10.1 Å². The maximum Gasteiger partial charge on any atom is 0.269 e. The van der Waals surface area contributed by atoms with Crippen LogP contribution < -0.4 is 14.8 Å². The first-order chi connectivity index (χ1) is 15.0. The van der Waals surface area contributed by atoms with E-state index in [2.05, 4.69) is 10.3 Å². The lowest BCUT2D eigenvalue weighted by atomic mass is 10.1. The molecule has 160 valence electrons. The van der Waals surface area contributed by atoms with Gasteiger partial charge in [0, 0.05) is 29.2 Å². The van der Waals surface area contributed by atoms with Gasteiger partial charge in [-0.1, -0.05) is 13.0 Å². The van der Waals surface area contributed by atoms with Crippen molar-refractivity contribution in [3.63, 3.8) is 0 Å². The Morgan fingerprint density at radius 3 is 2.68 bits per heavy atom. The number of carbonyl (C=O) groups is 1. The second-order valence-corrected chi connectivity index (χ2v) is 7.28. The zero-order valence-corrected chi connectivity index (χ0v) is 17.8. The van der Waals surface area contributed by atoms with Crippen LogP contribution in [0.25, 0.3) is 17.3 Å². The third-order valence-electron chi connectivity index (χ3n) is 4.18. The monoisotopic (exact) mass is 439 g/mol. The SMILES string of the molecule is CCCOc1ccc(C=CC(=O)Nc2nc(-c3ccc([N+](=O)[O-])cc3)cs2)cc1OC. The number of hydrogen-bond donors (Lipinski definition) is 1. The number of nitrogens with zero attached hydrogens (tertiary/aromatic N) is 2. The van der Waals surface area contributed by atoms with Crippen LogP contribution in [-0.2, 0) is 4.79 Å². The van der Waals surface area contributed by atoms with Crippen LogP contribution in [0.15, 0.2) is 53.9 Å². The normalized spacial score (nSPS) is 10.8. The quantitative estimate of drug-likeness (QED) is 0.280. The summed E-state index contributed by atoms with van der Waals surface area (Å²) >= 11 is 1.27. The molecule has 0 aliphatic rings. The van der Waals surface area contributed by atoms with Crippen molar-refractivity contribution >= 4 is 34.1 Å². The number of non-ortho nitro benzene ring substituents is 1. The van der Waals surface area contributed by atoms with Crippen LogP contribution in [0.2, 0.25) is 0 Å². The van der Waals surface area contributed by atoms with Gasteiger partial charge >= 0.3 is 0 Å². The molecule has 0 atom stereocenters. The molecule has 1 aromatic heterocycles. The van der Waals surface area contributed by atoms with Gasteiger partial charge in [-0.2, -0.15) is 0 Å². The fraction of sp³-hybridized carbons (Fsp3) is 0.182. The molecule has 0 aliphatic carbocycles. The van der Waals surface area contributed by atoms with Crippen molar-refractivity contribution in [1.29, 1.82) is 0 Å². The molecule has 2 aromatic carbocycles. The minimum absolute atomic E-state index is 0.0132. The van der Waals surface area contributed by atoms with E-state index in [1.165, 1.54) is 29.5 Å². The number of benzene rings is 2. The Morgan fingerprint density at radius 1 is 1.23 bits per heavy atom. The molecule has 0 saturated heterocycles. The minimum atomic E-state index is -0.454. The second kappa shape index (κ2) is 10.4. The molecule has 9 heteroatoms. The number of rotatable bonds is 9. The summed E-state index contributed by atoms with van der Waals surface area (Å²) in [5.74, 6) is 0.936. The van der Waals surface area contributed by atoms with E-state index in [0.717, 1.165) is 17.5 Å². The van der Waals surface area contributed by atoms with Gasteiger partial charge in [-0.15, -0.1) is 11.3 Å². The van der Waals surface area contributed by atoms with E-state index < -0.39 is 4.92 Å². The standard InChI is InChI=1S/C22H21N3O5S/c1-3-12-30-19-10-4-15(13-20(19)29-2)5-11-21(26)24-22-23-18(14-31-22)16-6-8-17(9-7-16)25(27)28/h4-11,13-14H,3,12H2,1-2H3,(H,23,24,26). The summed E-state index contributed by atoms with van der Waals surface area (Å²) in [6, 6.07) is 11.5.